The Hall–Kier alpha value is -0.370. The summed E-state index contributed by atoms with van der Waals surface area (Å²) in [5.41, 5.74) is 0.0542. The predicted octanol–water partition coefficient (Wildman–Crippen LogP) is 3.49. The minimum atomic E-state index is 0.0542. The molecule has 0 aromatic carbocycles. The molecule has 1 saturated heterocycles. The molecule has 0 bridgehead atoms. The fourth-order valence-corrected chi connectivity index (χ4v) is 3.31. The molecule has 0 N–H and O–H groups in total. The second kappa shape index (κ2) is 5.31. The Morgan fingerprint density at radius 2 is 2.06 bits per heavy atom. The van der Waals surface area contributed by atoms with Crippen LogP contribution in [-0.2, 0) is 9.53 Å². The average Bonchev–Trinajstić information content (AvgIpc) is 2.97. The van der Waals surface area contributed by atoms with Gasteiger partial charge in [-0.25, -0.2) is 0 Å². The number of ketones is 1. The summed E-state index contributed by atoms with van der Waals surface area (Å²) in [6.45, 7) is 3.08. The van der Waals surface area contributed by atoms with E-state index in [9.17, 15) is 4.79 Å². The first-order chi connectivity index (χ1) is 7.77. The summed E-state index contributed by atoms with van der Waals surface area (Å²) in [6, 6.07) is 0. The fourth-order valence-electron chi connectivity index (χ4n) is 3.31. The molecule has 0 radical (unpaired) electrons. The van der Waals surface area contributed by atoms with Crippen LogP contribution in [0, 0.1) is 5.41 Å². The van der Waals surface area contributed by atoms with Crippen molar-refractivity contribution in [3.63, 3.8) is 0 Å². The minimum absolute atomic E-state index is 0.0542. The van der Waals surface area contributed by atoms with Crippen LogP contribution in [0.15, 0.2) is 0 Å². The molecule has 1 unspecified atom stereocenters. The van der Waals surface area contributed by atoms with Gasteiger partial charge in [-0.1, -0.05) is 19.8 Å². The Morgan fingerprint density at radius 3 is 2.62 bits per heavy atom. The number of rotatable bonds is 5. The van der Waals surface area contributed by atoms with Crippen molar-refractivity contribution in [1.29, 1.82) is 0 Å². The van der Waals surface area contributed by atoms with Crippen LogP contribution in [-0.4, -0.2) is 18.5 Å². The quantitative estimate of drug-likeness (QED) is 0.714. The number of hydrogen-bond acceptors (Lipinski definition) is 2. The normalized spacial score (nSPS) is 28.4. The van der Waals surface area contributed by atoms with Crippen LogP contribution in [0.1, 0.15) is 64.7 Å². The van der Waals surface area contributed by atoms with Crippen molar-refractivity contribution in [2.45, 2.75) is 70.8 Å². The van der Waals surface area contributed by atoms with Gasteiger partial charge in [-0.15, -0.1) is 0 Å². The second-order valence-corrected chi connectivity index (χ2v) is 5.44. The van der Waals surface area contributed by atoms with Crippen LogP contribution < -0.4 is 0 Å². The van der Waals surface area contributed by atoms with E-state index in [1.165, 1.54) is 19.3 Å². The molecule has 16 heavy (non-hydrogen) atoms. The molecule has 0 aromatic rings. The molecule has 2 aliphatic rings. The van der Waals surface area contributed by atoms with Crippen LogP contribution in [0.5, 0.6) is 0 Å². The molecule has 1 heterocycles. The summed E-state index contributed by atoms with van der Waals surface area (Å²) in [6.07, 6.45) is 10.2. The van der Waals surface area contributed by atoms with Crippen LogP contribution >= 0.6 is 0 Å². The number of ether oxygens (including phenoxy) is 1. The lowest BCUT2D eigenvalue weighted by molar-refractivity contribution is -0.129. The highest BCUT2D eigenvalue weighted by molar-refractivity contribution is 5.85. The third-order valence-corrected chi connectivity index (χ3v) is 4.55. The van der Waals surface area contributed by atoms with Gasteiger partial charge < -0.3 is 4.74 Å². The maximum Gasteiger partial charge on any atom is 0.139 e. The van der Waals surface area contributed by atoms with Crippen molar-refractivity contribution < 1.29 is 9.53 Å². The Kier molecular flexibility index (Phi) is 4.01. The van der Waals surface area contributed by atoms with E-state index in [0.29, 0.717) is 11.9 Å². The van der Waals surface area contributed by atoms with Gasteiger partial charge in [0.25, 0.3) is 0 Å². The smallest absolute Gasteiger partial charge is 0.139 e. The standard InChI is InChI=1S/C14H24O2/c1-2-14(9-3-4-10-14)13(15)8-7-12-6-5-11-16-12/h12H,2-11H2,1H3. The summed E-state index contributed by atoms with van der Waals surface area (Å²) in [5, 5.41) is 0. The van der Waals surface area contributed by atoms with E-state index in [4.69, 9.17) is 4.74 Å². The third kappa shape index (κ3) is 2.48. The van der Waals surface area contributed by atoms with E-state index >= 15 is 0 Å². The van der Waals surface area contributed by atoms with Gasteiger partial charge in [0.2, 0.25) is 0 Å². The van der Waals surface area contributed by atoms with Gasteiger partial charge >= 0.3 is 0 Å². The zero-order valence-electron chi connectivity index (χ0n) is 10.5. The monoisotopic (exact) mass is 224 g/mol. The molecule has 1 saturated carbocycles. The Morgan fingerprint density at radius 1 is 1.31 bits per heavy atom. The molecular weight excluding hydrogens is 200 g/mol. The molecule has 1 atom stereocenters. The molecule has 0 aromatic heterocycles. The summed E-state index contributed by atoms with van der Waals surface area (Å²) >= 11 is 0. The molecular formula is C14H24O2. The van der Waals surface area contributed by atoms with Crippen molar-refractivity contribution in [3.05, 3.63) is 0 Å². The number of Topliss-reactive ketones (excluding diaryl/α,β-unsaturated/α-hetero) is 1. The fraction of sp³-hybridized carbons (Fsp3) is 0.929. The van der Waals surface area contributed by atoms with E-state index in [1.54, 1.807) is 0 Å². The van der Waals surface area contributed by atoms with Crippen molar-refractivity contribution in [1.82, 2.24) is 0 Å². The molecule has 1 aliphatic heterocycles. The number of carbonyl (C=O) groups excluding carboxylic acids is 1. The number of carbonyl (C=O) groups is 1. The number of hydrogen-bond donors (Lipinski definition) is 0. The van der Waals surface area contributed by atoms with Crippen LogP contribution in [0.2, 0.25) is 0 Å². The molecule has 1 aliphatic carbocycles. The molecule has 2 heteroatoms. The minimum Gasteiger partial charge on any atom is -0.378 e. The Labute approximate surface area is 98.7 Å². The first kappa shape index (κ1) is 12.1. The summed E-state index contributed by atoms with van der Waals surface area (Å²) in [5.74, 6) is 0.517. The first-order valence-corrected chi connectivity index (χ1v) is 6.92. The first-order valence-electron chi connectivity index (χ1n) is 6.92. The zero-order valence-corrected chi connectivity index (χ0v) is 10.5. The summed E-state index contributed by atoms with van der Waals surface area (Å²) < 4.78 is 5.58. The Bertz CT molecular complexity index is 235. The van der Waals surface area contributed by atoms with Gasteiger partial charge in [-0.05, 0) is 38.5 Å². The van der Waals surface area contributed by atoms with Gasteiger partial charge in [0.15, 0.2) is 0 Å². The lowest BCUT2D eigenvalue weighted by atomic mass is 9.77. The van der Waals surface area contributed by atoms with Crippen molar-refractivity contribution in [2.24, 2.45) is 5.41 Å². The van der Waals surface area contributed by atoms with Gasteiger partial charge in [0.1, 0.15) is 5.78 Å². The van der Waals surface area contributed by atoms with Crippen LogP contribution in [0.4, 0.5) is 0 Å². The maximum absolute atomic E-state index is 12.3. The van der Waals surface area contributed by atoms with E-state index in [0.717, 1.165) is 45.1 Å². The largest absolute Gasteiger partial charge is 0.378 e. The van der Waals surface area contributed by atoms with Gasteiger partial charge in [0, 0.05) is 18.4 Å². The predicted molar refractivity (Wildman–Crippen MR) is 64.4 cm³/mol. The topological polar surface area (TPSA) is 26.3 Å². The second-order valence-electron chi connectivity index (χ2n) is 5.44. The van der Waals surface area contributed by atoms with Gasteiger partial charge in [0.05, 0.1) is 6.10 Å². The maximum atomic E-state index is 12.3. The molecule has 2 rings (SSSR count). The average molecular weight is 224 g/mol. The van der Waals surface area contributed by atoms with Crippen LogP contribution in [0.3, 0.4) is 0 Å². The van der Waals surface area contributed by atoms with Gasteiger partial charge in [-0.3, -0.25) is 4.79 Å². The molecule has 92 valence electrons. The highest BCUT2D eigenvalue weighted by Crippen LogP contribution is 2.42. The lowest BCUT2D eigenvalue weighted by Crippen LogP contribution is -2.28. The Balaban J connectivity index is 1.81. The summed E-state index contributed by atoms with van der Waals surface area (Å²) in [4.78, 5) is 12.3. The van der Waals surface area contributed by atoms with Crippen LogP contribution in [0.25, 0.3) is 0 Å². The molecule has 0 amide bonds. The molecule has 2 nitrogen and oxygen atoms in total. The highest BCUT2D eigenvalue weighted by atomic mass is 16.5. The van der Waals surface area contributed by atoms with Crippen molar-refractivity contribution >= 4 is 5.78 Å². The van der Waals surface area contributed by atoms with E-state index in [1.807, 2.05) is 0 Å². The molecule has 0 spiro atoms. The highest BCUT2D eigenvalue weighted by Gasteiger charge is 2.38. The summed E-state index contributed by atoms with van der Waals surface area (Å²) in [7, 11) is 0. The van der Waals surface area contributed by atoms with Crippen molar-refractivity contribution in [2.75, 3.05) is 6.61 Å². The SMILES string of the molecule is CCC1(C(=O)CCC2CCCO2)CCCC1. The van der Waals surface area contributed by atoms with E-state index < -0.39 is 0 Å². The van der Waals surface area contributed by atoms with E-state index in [2.05, 4.69) is 6.92 Å². The van der Waals surface area contributed by atoms with E-state index in [-0.39, 0.29) is 5.41 Å². The zero-order chi connectivity index (χ0) is 11.4. The molecule has 2 fully saturated rings. The van der Waals surface area contributed by atoms with Crippen molar-refractivity contribution in [3.8, 4) is 0 Å². The lowest BCUT2D eigenvalue weighted by Gasteiger charge is -2.26. The van der Waals surface area contributed by atoms with Gasteiger partial charge in [-0.2, -0.15) is 0 Å². The third-order valence-electron chi connectivity index (χ3n) is 4.55.